The molecule has 1 unspecified atom stereocenters. The molecule has 0 spiro atoms. The molecule has 2 amide bonds. The average Bonchev–Trinajstić information content (AvgIpc) is 2.66. The van der Waals surface area contributed by atoms with Gasteiger partial charge in [0.05, 0.1) is 5.69 Å². The molecule has 1 atom stereocenters. The zero-order valence-corrected chi connectivity index (χ0v) is 14.3. The lowest BCUT2D eigenvalue weighted by atomic mass is 10.1. The summed E-state index contributed by atoms with van der Waals surface area (Å²) in [5, 5.41) is 4.94. The fourth-order valence-corrected chi connectivity index (χ4v) is 3.19. The Morgan fingerprint density at radius 1 is 1.04 bits per heavy atom. The van der Waals surface area contributed by atoms with Gasteiger partial charge in [-0.25, -0.2) is 0 Å². The number of anilines is 2. The molecule has 3 aromatic rings. The topological polar surface area (TPSA) is 58.6 Å². The molecule has 1 aliphatic heterocycles. The summed E-state index contributed by atoms with van der Waals surface area (Å²) in [4.78, 5) is 26.6. The van der Waals surface area contributed by atoms with Crippen LogP contribution in [0.25, 0.3) is 10.8 Å². The largest absolute Gasteiger partial charge is 0.479 e. The van der Waals surface area contributed by atoms with E-state index >= 15 is 0 Å². The minimum absolute atomic E-state index is 0.0627. The number of fused-ring (bicyclic) bond motifs is 2. The van der Waals surface area contributed by atoms with Crippen LogP contribution >= 0.6 is 0 Å². The lowest BCUT2D eigenvalue weighted by Crippen LogP contribution is -2.47. The Balaban J connectivity index is 1.59. The quantitative estimate of drug-likeness (QED) is 0.788. The first kappa shape index (κ1) is 16.1. The molecule has 0 saturated carbocycles. The summed E-state index contributed by atoms with van der Waals surface area (Å²) in [7, 11) is 0. The summed E-state index contributed by atoms with van der Waals surface area (Å²) >= 11 is 0. The molecule has 3 aromatic carbocycles. The van der Waals surface area contributed by atoms with Crippen LogP contribution in [-0.4, -0.2) is 24.5 Å². The molecule has 130 valence electrons. The average molecular weight is 346 g/mol. The van der Waals surface area contributed by atoms with E-state index in [4.69, 9.17) is 4.74 Å². The van der Waals surface area contributed by atoms with E-state index in [2.05, 4.69) is 5.32 Å². The first-order chi connectivity index (χ1) is 12.6. The zero-order valence-electron chi connectivity index (χ0n) is 14.3. The number of carbonyl (C=O) groups is 2. The molecule has 1 aliphatic rings. The highest BCUT2D eigenvalue weighted by Crippen LogP contribution is 2.33. The number of nitrogens with one attached hydrogen (secondary N) is 1. The molecule has 0 saturated heterocycles. The molecule has 0 radical (unpaired) electrons. The van der Waals surface area contributed by atoms with Gasteiger partial charge in [0.15, 0.2) is 6.10 Å². The SMILES string of the molecule is CC1Oc2ccccc2N(CC(=O)Nc2cccc3ccccc23)C1=O. The molecule has 1 N–H and O–H groups in total. The van der Waals surface area contributed by atoms with Gasteiger partial charge >= 0.3 is 0 Å². The third-order valence-corrected chi connectivity index (χ3v) is 4.44. The van der Waals surface area contributed by atoms with E-state index < -0.39 is 6.10 Å². The summed E-state index contributed by atoms with van der Waals surface area (Å²) in [6.45, 7) is 1.63. The minimum Gasteiger partial charge on any atom is -0.479 e. The number of hydrogen-bond donors (Lipinski definition) is 1. The van der Waals surface area contributed by atoms with E-state index in [1.54, 1.807) is 19.1 Å². The predicted octanol–water partition coefficient (Wildman–Crippen LogP) is 3.59. The van der Waals surface area contributed by atoms with E-state index in [0.29, 0.717) is 11.4 Å². The Labute approximate surface area is 151 Å². The third-order valence-electron chi connectivity index (χ3n) is 4.44. The van der Waals surface area contributed by atoms with Gasteiger partial charge in [-0.05, 0) is 30.5 Å². The second-order valence-corrected chi connectivity index (χ2v) is 6.23. The molecular formula is C21H18N2O3. The van der Waals surface area contributed by atoms with Crippen LogP contribution in [0.4, 0.5) is 11.4 Å². The Bertz CT molecular complexity index is 994. The highest BCUT2D eigenvalue weighted by atomic mass is 16.5. The maximum Gasteiger partial charge on any atom is 0.268 e. The van der Waals surface area contributed by atoms with Crippen molar-refractivity contribution in [2.75, 3.05) is 16.8 Å². The summed E-state index contributed by atoms with van der Waals surface area (Å²) in [5.74, 6) is 0.132. The van der Waals surface area contributed by atoms with Crippen LogP contribution in [0.1, 0.15) is 6.92 Å². The molecular weight excluding hydrogens is 328 g/mol. The maximum atomic E-state index is 12.6. The van der Waals surface area contributed by atoms with Gasteiger partial charge in [-0.2, -0.15) is 0 Å². The fraction of sp³-hybridized carbons (Fsp3) is 0.143. The van der Waals surface area contributed by atoms with E-state index in [0.717, 1.165) is 16.5 Å². The lowest BCUT2D eigenvalue weighted by Gasteiger charge is -2.32. The van der Waals surface area contributed by atoms with Crippen molar-refractivity contribution < 1.29 is 14.3 Å². The van der Waals surface area contributed by atoms with E-state index in [1.807, 2.05) is 54.6 Å². The molecule has 5 nitrogen and oxygen atoms in total. The monoisotopic (exact) mass is 346 g/mol. The predicted molar refractivity (Wildman–Crippen MR) is 101 cm³/mol. The number of amides is 2. The smallest absolute Gasteiger partial charge is 0.268 e. The van der Waals surface area contributed by atoms with E-state index in [1.165, 1.54) is 4.90 Å². The van der Waals surface area contributed by atoms with Crippen molar-refractivity contribution >= 4 is 34.0 Å². The van der Waals surface area contributed by atoms with Crippen LogP contribution in [0.3, 0.4) is 0 Å². The fourth-order valence-electron chi connectivity index (χ4n) is 3.19. The molecule has 1 heterocycles. The van der Waals surface area contributed by atoms with Crippen molar-refractivity contribution in [2.24, 2.45) is 0 Å². The maximum absolute atomic E-state index is 12.6. The number of carbonyl (C=O) groups excluding carboxylic acids is 2. The lowest BCUT2D eigenvalue weighted by molar-refractivity contribution is -0.127. The van der Waals surface area contributed by atoms with Crippen molar-refractivity contribution in [3.05, 3.63) is 66.7 Å². The van der Waals surface area contributed by atoms with E-state index in [-0.39, 0.29) is 18.4 Å². The van der Waals surface area contributed by atoms with E-state index in [9.17, 15) is 9.59 Å². The number of benzene rings is 3. The van der Waals surface area contributed by atoms with Gasteiger partial charge in [-0.3, -0.25) is 14.5 Å². The van der Waals surface area contributed by atoms with Crippen molar-refractivity contribution in [2.45, 2.75) is 13.0 Å². The van der Waals surface area contributed by atoms with Gasteiger partial charge in [0.2, 0.25) is 5.91 Å². The summed E-state index contributed by atoms with van der Waals surface area (Å²) in [5.41, 5.74) is 1.35. The number of para-hydroxylation sites is 2. The summed E-state index contributed by atoms with van der Waals surface area (Å²) in [6.07, 6.45) is -0.616. The number of hydrogen-bond acceptors (Lipinski definition) is 3. The minimum atomic E-state index is -0.616. The first-order valence-electron chi connectivity index (χ1n) is 8.48. The summed E-state index contributed by atoms with van der Waals surface area (Å²) in [6, 6.07) is 20.8. The Morgan fingerprint density at radius 2 is 1.77 bits per heavy atom. The summed E-state index contributed by atoms with van der Waals surface area (Å²) < 4.78 is 5.61. The molecule has 0 aliphatic carbocycles. The van der Waals surface area contributed by atoms with Gasteiger partial charge in [0, 0.05) is 11.1 Å². The van der Waals surface area contributed by atoms with Crippen LogP contribution in [0.15, 0.2) is 66.7 Å². The van der Waals surface area contributed by atoms with Gasteiger partial charge < -0.3 is 10.1 Å². The number of rotatable bonds is 3. The van der Waals surface area contributed by atoms with Crippen molar-refractivity contribution in [3.8, 4) is 5.75 Å². The molecule has 5 heteroatoms. The highest BCUT2D eigenvalue weighted by Gasteiger charge is 2.32. The first-order valence-corrected chi connectivity index (χ1v) is 8.48. The number of nitrogens with zero attached hydrogens (tertiary/aromatic N) is 1. The zero-order chi connectivity index (χ0) is 18.1. The van der Waals surface area contributed by atoms with Gasteiger partial charge in [-0.15, -0.1) is 0 Å². The van der Waals surface area contributed by atoms with Crippen molar-refractivity contribution in [1.29, 1.82) is 0 Å². The van der Waals surface area contributed by atoms with Crippen molar-refractivity contribution in [1.82, 2.24) is 0 Å². The van der Waals surface area contributed by atoms with Crippen LogP contribution in [0.5, 0.6) is 5.75 Å². The van der Waals surface area contributed by atoms with Crippen LogP contribution in [-0.2, 0) is 9.59 Å². The molecule has 26 heavy (non-hydrogen) atoms. The van der Waals surface area contributed by atoms with Gasteiger partial charge in [0.1, 0.15) is 12.3 Å². The van der Waals surface area contributed by atoms with Gasteiger partial charge in [0.25, 0.3) is 5.91 Å². The van der Waals surface area contributed by atoms with Crippen LogP contribution in [0, 0.1) is 0 Å². The number of ether oxygens (including phenoxy) is 1. The van der Waals surface area contributed by atoms with Crippen LogP contribution < -0.4 is 15.0 Å². The van der Waals surface area contributed by atoms with Gasteiger partial charge in [-0.1, -0.05) is 48.5 Å². The highest BCUT2D eigenvalue weighted by molar-refractivity contribution is 6.08. The third kappa shape index (κ3) is 2.88. The second-order valence-electron chi connectivity index (χ2n) is 6.23. The Kier molecular flexibility index (Phi) is 4.05. The molecule has 0 aromatic heterocycles. The standard InChI is InChI=1S/C21H18N2O3/c1-14-21(25)23(18-11-4-5-12-19(18)26-14)13-20(24)22-17-10-6-8-15-7-2-3-9-16(15)17/h2-12,14H,13H2,1H3,(H,22,24). The molecule has 4 rings (SSSR count). The second kappa shape index (κ2) is 6.52. The molecule has 0 bridgehead atoms. The Hall–Kier alpha value is -3.34. The molecule has 0 fully saturated rings. The van der Waals surface area contributed by atoms with Crippen molar-refractivity contribution in [3.63, 3.8) is 0 Å². The normalized spacial score (nSPS) is 16.1. The Morgan fingerprint density at radius 3 is 2.65 bits per heavy atom. The van der Waals surface area contributed by atoms with Crippen LogP contribution in [0.2, 0.25) is 0 Å².